The summed E-state index contributed by atoms with van der Waals surface area (Å²) in [4.78, 5) is 15.9. The molecule has 0 spiro atoms. The van der Waals surface area contributed by atoms with E-state index in [-0.39, 0.29) is 17.7 Å². The number of hydrogen-bond acceptors (Lipinski definition) is 2. The monoisotopic (exact) mass is 490 g/mol. The summed E-state index contributed by atoms with van der Waals surface area (Å²) < 4.78 is 0. The molecule has 1 aliphatic heterocycles. The first kappa shape index (κ1) is 22.2. The van der Waals surface area contributed by atoms with Crippen molar-refractivity contribution in [3.63, 3.8) is 0 Å². The Morgan fingerprint density at radius 1 is 0.903 bits per heavy atom. The van der Waals surface area contributed by atoms with E-state index in [4.69, 9.17) is 46.4 Å². The van der Waals surface area contributed by atoms with Crippen molar-refractivity contribution in [1.82, 2.24) is 0 Å². The summed E-state index contributed by atoms with van der Waals surface area (Å²) in [6, 6.07) is 17.3. The van der Waals surface area contributed by atoms with E-state index in [0.717, 1.165) is 0 Å². The number of nitrogens with zero attached hydrogens (tertiary/aromatic N) is 1. The number of rotatable bonds is 4. The van der Waals surface area contributed by atoms with Crippen molar-refractivity contribution in [2.75, 3.05) is 4.90 Å². The normalized spacial score (nSPS) is 17.9. The van der Waals surface area contributed by atoms with Crippen LogP contribution in [-0.2, 0) is 10.2 Å². The van der Waals surface area contributed by atoms with Gasteiger partial charge in [-0.1, -0.05) is 82.8 Å². The second-order valence-electron chi connectivity index (χ2n) is 7.67. The highest BCUT2D eigenvalue weighted by molar-refractivity contribution is 6.42. The molecule has 0 fully saturated rings. The first-order valence-corrected chi connectivity index (χ1v) is 11.1. The van der Waals surface area contributed by atoms with Crippen LogP contribution in [0.1, 0.15) is 30.5 Å². The largest absolute Gasteiger partial charge is 0.308 e. The van der Waals surface area contributed by atoms with E-state index in [1.165, 1.54) is 0 Å². The minimum absolute atomic E-state index is 0.102. The summed E-state index contributed by atoms with van der Waals surface area (Å²) >= 11 is 25.6. The fourth-order valence-electron chi connectivity index (χ4n) is 4.23. The van der Waals surface area contributed by atoms with Crippen LogP contribution < -0.4 is 4.90 Å². The van der Waals surface area contributed by atoms with Crippen molar-refractivity contribution in [1.29, 1.82) is 5.41 Å². The van der Waals surface area contributed by atoms with Gasteiger partial charge in [0.05, 0.1) is 21.4 Å². The summed E-state index contributed by atoms with van der Waals surface area (Å²) in [5.41, 5.74) is 0.828. The minimum atomic E-state index is -1.50. The first-order chi connectivity index (χ1) is 14.7. The van der Waals surface area contributed by atoms with Crippen LogP contribution in [0.25, 0.3) is 0 Å². The van der Waals surface area contributed by atoms with Gasteiger partial charge >= 0.3 is 0 Å². The average Bonchev–Trinajstić information content (AvgIpc) is 2.99. The van der Waals surface area contributed by atoms with Gasteiger partial charge in [-0.3, -0.25) is 4.79 Å². The Morgan fingerprint density at radius 3 is 2.19 bits per heavy atom. The molecule has 1 unspecified atom stereocenters. The van der Waals surface area contributed by atoms with Gasteiger partial charge in [-0.2, -0.15) is 0 Å². The van der Waals surface area contributed by atoms with E-state index in [9.17, 15) is 10.2 Å². The van der Waals surface area contributed by atoms with Gasteiger partial charge in [0.15, 0.2) is 0 Å². The number of halogens is 4. The van der Waals surface area contributed by atoms with E-state index < -0.39 is 5.41 Å². The Balaban J connectivity index is 2.15. The summed E-state index contributed by atoms with van der Waals surface area (Å²) in [6.45, 7) is 3.82. The third kappa shape index (κ3) is 3.35. The van der Waals surface area contributed by atoms with Crippen LogP contribution in [0.2, 0.25) is 20.1 Å². The van der Waals surface area contributed by atoms with E-state index in [1.54, 1.807) is 47.4 Å². The summed E-state index contributed by atoms with van der Waals surface area (Å²) in [5.74, 6) is -0.283. The molecule has 31 heavy (non-hydrogen) atoms. The molecule has 0 bridgehead atoms. The maximum atomic E-state index is 14.2. The van der Waals surface area contributed by atoms with Crippen molar-refractivity contribution in [3.05, 3.63) is 97.4 Å². The Labute approximate surface area is 201 Å². The van der Waals surface area contributed by atoms with Crippen molar-refractivity contribution >= 4 is 63.7 Å². The number of fused-ring (bicyclic) bond motifs is 1. The molecule has 0 saturated heterocycles. The van der Waals surface area contributed by atoms with E-state index in [2.05, 4.69) is 0 Å². The highest BCUT2D eigenvalue weighted by Gasteiger charge is 2.57. The van der Waals surface area contributed by atoms with E-state index in [0.29, 0.717) is 42.5 Å². The molecule has 3 nitrogen and oxygen atoms in total. The van der Waals surface area contributed by atoms with Gasteiger partial charge in [-0.05, 0) is 49.2 Å². The van der Waals surface area contributed by atoms with Crippen LogP contribution in [0.5, 0.6) is 0 Å². The number of carbonyl (C=O) groups is 1. The summed E-state index contributed by atoms with van der Waals surface area (Å²) in [7, 11) is 0. The lowest BCUT2D eigenvalue weighted by atomic mass is 9.69. The van der Waals surface area contributed by atoms with Crippen LogP contribution in [-0.4, -0.2) is 17.7 Å². The predicted molar refractivity (Wildman–Crippen MR) is 130 cm³/mol. The zero-order chi connectivity index (χ0) is 22.5. The number of nitrogens with one attached hydrogen (secondary N) is 1. The first-order valence-electron chi connectivity index (χ1n) is 9.62. The van der Waals surface area contributed by atoms with E-state index in [1.807, 2.05) is 32.0 Å². The second-order valence-corrected chi connectivity index (χ2v) is 9.33. The average molecular weight is 492 g/mol. The lowest BCUT2D eigenvalue weighted by Gasteiger charge is -2.32. The molecule has 0 aliphatic carbocycles. The lowest BCUT2D eigenvalue weighted by Crippen LogP contribution is -2.49. The van der Waals surface area contributed by atoms with Crippen molar-refractivity contribution in [2.24, 2.45) is 0 Å². The van der Waals surface area contributed by atoms with Gasteiger partial charge in [0, 0.05) is 21.7 Å². The summed E-state index contributed by atoms with van der Waals surface area (Å²) in [5, 5.41) is 10.6. The van der Waals surface area contributed by atoms with Gasteiger partial charge < -0.3 is 10.3 Å². The molecule has 0 saturated carbocycles. The maximum Gasteiger partial charge on any atom is 0.248 e. The number of anilines is 1. The lowest BCUT2D eigenvalue weighted by molar-refractivity contribution is -0.120. The van der Waals surface area contributed by atoms with Crippen LogP contribution >= 0.6 is 46.4 Å². The molecule has 158 valence electrons. The Bertz CT molecular complexity index is 1210. The molecule has 1 heterocycles. The summed E-state index contributed by atoms with van der Waals surface area (Å²) in [6.07, 6.45) is 0. The molecule has 1 aliphatic rings. The number of amides is 1. The second kappa shape index (κ2) is 8.14. The van der Waals surface area contributed by atoms with Gasteiger partial charge in [-0.25, -0.2) is 0 Å². The minimum Gasteiger partial charge on any atom is -0.308 e. The van der Waals surface area contributed by atoms with E-state index >= 15 is 0 Å². The molecule has 3 aromatic carbocycles. The Kier molecular flexibility index (Phi) is 5.82. The van der Waals surface area contributed by atoms with Crippen molar-refractivity contribution < 1.29 is 4.79 Å². The fourth-order valence-corrected chi connectivity index (χ4v) is 5.15. The van der Waals surface area contributed by atoms with Crippen LogP contribution in [0.4, 0.5) is 5.69 Å². The molecule has 1 amide bonds. The molecule has 3 aromatic rings. The molecule has 4 rings (SSSR count). The fraction of sp³-hybridized carbons (Fsp3) is 0.167. The third-order valence-corrected chi connectivity index (χ3v) is 6.77. The molecule has 1 atom stereocenters. The zero-order valence-corrected chi connectivity index (χ0v) is 19.7. The number of carbonyl (C=O) groups excluding carboxylic acids is 1. The predicted octanol–water partition coefficient (Wildman–Crippen LogP) is 7.41. The molecule has 0 radical (unpaired) electrons. The molecular formula is C24H18Cl4N2O. The van der Waals surface area contributed by atoms with Crippen LogP contribution in [0, 0.1) is 5.41 Å². The van der Waals surface area contributed by atoms with Crippen LogP contribution in [0.3, 0.4) is 0 Å². The van der Waals surface area contributed by atoms with Crippen molar-refractivity contribution in [2.45, 2.75) is 25.3 Å². The topological polar surface area (TPSA) is 44.2 Å². The van der Waals surface area contributed by atoms with Gasteiger partial charge in [0.2, 0.25) is 5.91 Å². The Morgan fingerprint density at radius 2 is 1.58 bits per heavy atom. The zero-order valence-electron chi connectivity index (χ0n) is 16.7. The van der Waals surface area contributed by atoms with Crippen molar-refractivity contribution in [3.8, 4) is 0 Å². The Hall–Kier alpha value is -2.04. The van der Waals surface area contributed by atoms with Crippen LogP contribution in [0.15, 0.2) is 60.7 Å². The highest BCUT2D eigenvalue weighted by Crippen LogP contribution is 2.53. The third-order valence-electron chi connectivity index (χ3n) is 5.51. The highest BCUT2D eigenvalue weighted by atomic mass is 35.5. The quantitative estimate of drug-likeness (QED) is 0.379. The maximum absolute atomic E-state index is 14.2. The van der Waals surface area contributed by atoms with Gasteiger partial charge in [-0.15, -0.1) is 0 Å². The number of benzene rings is 3. The molecule has 1 N–H and O–H groups in total. The smallest absolute Gasteiger partial charge is 0.248 e. The standard InChI is InChI=1S/C24H18Cl4N2O/c1-13(2)30-20-12-16(25)11-19(28)21(20)24(23(30)31,15-8-9-17(26)18(27)10-15)22(29)14-6-4-3-5-7-14/h3-13,29H,1-2H3. The molecule has 7 heteroatoms. The SMILES string of the molecule is CC(C)N1C(=O)C(C(=N)c2ccccc2)(c2ccc(Cl)c(Cl)c2)c2c(Cl)cc(Cl)cc21. The number of hydrogen-bond donors (Lipinski definition) is 1. The van der Waals surface area contributed by atoms with Gasteiger partial charge in [0.25, 0.3) is 0 Å². The molecular weight excluding hydrogens is 474 g/mol. The van der Waals surface area contributed by atoms with Gasteiger partial charge in [0.1, 0.15) is 5.41 Å². The molecule has 0 aromatic heterocycles.